The van der Waals surface area contributed by atoms with E-state index in [1.807, 2.05) is 6.92 Å². The molecule has 0 bridgehead atoms. The van der Waals surface area contributed by atoms with Crippen molar-refractivity contribution in [1.82, 2.24) is 4.98 Å². The highest BCUT2D eigenvalue weighted by molar-refractivity contribution is 5.42. The van der Waals surface area contributed by atoms with E-state index in [2.05, 4.69) is 15.0 Å². The van der Waals surface area contributed by atoms with Crippen molar-refractivity contribution in [3.05, 3.63) is 18.3 Å². The van der Waals surface area contributed by atoms with Crippen molar-refractivity contribution in [3.63, 3.8) is 0 Å². The first kappa shape index (κ1) is 14.9. The number of anilines is 1. The summed E-state index contributed by atoms with van der Waals surface area (Å²) in [5.41, 5.74) is 0.729. The Bertz CT molecular complexity index is 423. The summed E-state index contributed by atoms with van der Waals surface area (Å²) in [6.07, 6.45) is -0.383. The zero-order valence-corrected chi connectivity index (χ0v) is 11.1. The number of hydrogen-bond acceptors (Lipinski definition) is 4. The second-order valence-corrected chi connectivity index (χ2v) is 4.82. The molecule has 1 fully saturated rings. The summed E-state index contributed by atoms with van der Waals surface area (Å²) in [6.45, 7) is 1.36. The first-order valence-corrected chi connectivity index (χ1v) is 6.47. The van der Waals surface area contributed by atoms with Gasteiger partial charge < -0.3 is 14.8 Å². The minimum absolute atomic E-state index is 0.0430. The summed E-state index contributed by atoms with van der Waals surface area (Å²) in [4.78, 5) is 3.82. The molecule has 1 aromatic rings. The summed E-state index contributed by atoms with van der Waals surface area (Å²) in [6, 6.07) is 3.04. The monoisotopic (exact) mass is 290 g/mol. The van der Waals surface area contributed by atoms with Crippen molar-refractivity contribution in [1.29, 1.82) is 0 Å². The van der Waals surface area contributed by atoms with Crippen molar-refractivity contribution in [2.24, 2.45) is 0 Å². The fraction of sp³-hybridized carbons (Fsp3) is 0.615. The first-order chi connectivity index (χ1) is 9.42. The average Bonchev–Trinajstić information content (AvgIpc) is 2.80. The predicted octanol–water partition coefficient (Wildman–Crippen LogP) is 3.00. The van der Waals surface area contributed by atoms with Crippen molar-refractivity contribution in [2.45, 2.75) is 38.1 Å². The molecule has 1 saturated heterocycles. The minimum Gasteiger partial charge on any atom is -0.468 e. The third kappa shape index (κ3) is 4.88. The Hall–Kier alpha value is -1.50. The van der Waals surface area contributed by atoms with Crippen molar-refractivity contribution >= 4 is 5.69 Å². The standard InChI is InChI=1S/C13H17F3N2O2/c1-9-2-4-11(20-9)7-17-10-3-5-12(18-6-10)19-8-13(14,15)16/h3,5-6,9,11,17H,2,4,7-8H2,1H3. The number of nitrogens with zero attached hydrogens (tertiary/aromatic N) is 1. The molecular weight excluding hydrogens is 273 g/mol. The first-order valence-electron chi connectivity index (χ1n) is 6.47. The van der Waals surface area contributed by atoms with E-state index in [1.165, 1.54) is 12.3 Å². The molecule has 112 valence electrons. The van der Waals surface area contributed by atoms with Gasteiger partial charge in [0.1, 0.15) is 0 Å². The van der Waals surface area contributed by atoms with E-state index >= 15 is 0 Å². The molecule has 1 N–H and O–H groups in total. The van der Waals surface area contributed by atoms with Gasteiger partial charge in [-0.3, -0.25) is 0 Å². The summed E-state index contributed by atoms with van der Waals surface area (Å²) in [7, 11) is 0. The molecule has 0 radical (unpaired) electrons. The van der Waals surface area contributed by atoms with Gasteiger partial charge in [0.2, 0.25) is 5.88 Å². The van der Waals surface area contributed by atoms with Gasteiger partial charge in [-0.2, -0.15) is 13.2 Å². The quantitative estimate of drug-likeness (QED) is 0.905. The van der Waals surface area contributed by atoms with Crippen molar-refractivity contribution < 1.29 is 22.6 Å². The molecule has 2 heterocycles. The number of pyridine rings is 1. The molecule has 0 aromatic carbocycles. The summed E-state index contributed by atoms with van der Waals surface area (Å²) in [5, 5.41) is 3.14. The molecule has 7 heteroatoms. The zero-order chi connectivity index (χ0) is 14.6. The second-order valence-electron chi connectivity index (χ2n) is 4.82. The summed E-state index contributed by atoms with van der Waals surface area (Å²) in [5.74, 6) is -0.0430. The molecule has 0 spiro atoms. The Kier molecular flexibility index (Phi) is 4.69. The molecule has 1 aliphatic rings. The lowest BCUT2D eigenvalue weighted by Crippen LogP contribution is -2.20. The molecule has 0 aliphatic carbocycles. The van der Waals surface area contributed by atoms with Crippen LogP contribution in [0.4, 0.5) is 18.9 Å². The topological polar surface area (TPSA) is 43.4 Å². The molecule has 2 atom stereocenters. The van der Waals surface area contributed by atoms with Gasteiger partial charge in [-0.05, 0) is 25.8 Å². The van der Waals surface area contributed by atoms with E-state index in [4.69, 9.17) is 4.74 Å². The molecule has 20 heavy (non-hydrogen) atoms. The third-order valence-electron chi connectivity index (χ3n) is 2.97. The highest BCUT2D eigenvalue weighted by Gasteiger charge is 2.28. The van der Waals surface area contributed by atoms with Crippen LogP contribution in [0.3, 0.4) is 0 Å². The Morgan fingerprint density at radius 3 is 2.75 bits per heavy atom. The van der Waals surface area contributed by atoms with Gasteiger partial charge in [0, 0.05) is 12.6 Å². The van der Waals surface area contributed by atoms with Crippen LogP contribution >= 0.6 is 0 Å². The van der Waals surface area contributed by atoms with Crippen LogP contribution in [0.2, 0.25) is 0 Å². The Labute approximate surface area is 115 Å². The van der Waals surface area contributed by atoms with E-state index in [-0.39, 0.29) is 18.1 Å². The van der Waals surface area contributed by atoms with Crippen LogP contribution in [-0.4, -0.2) is 36.5 Å². The SMILES string of the molecule is CC1CCC(CNc2ccc(OCC(F)(F)F)nc2)O1. The van der Waals surface area contributed by atoms with E-state index in [9.17, 15) is 13.2 Å². The van der Waals surface area contributed by atoms with Crippen molar-refractivity contribution in [3.8, 4) is 5.88 Å². The number of nitrogens with one attached hydrogen (secondary N) is 1. The maximum atomic E-state index is 12.0. The summed E-state index contributed by atoms with van der Waals surface area (Å²) >= 11 is 0. The largest absolute Gasteiger partial charge is 0.468 e. The van der Waals surface area contributed by atoms with Crippen LogP contribution in [0.15, 0.2) is 18.3 Å². The average molecular weight is 290 g/mol. The normalized spacial score (nSPS) is 22.8. The lowest BCUT2D eigenvalue weighted by atomic mass is 10.2. The van der Waals surface area contributed by atoms with Crippen LogP contribution in [-0.2, 0) is 4.74 Å². The van der Waals surface area contributed by atoms with Gasteiger partial charge in [0.15, 0.2) is 6.61 Å². The molecule has 0 saturated carbocycles. The molecule has 1 aliphatic heterocycles. The van der Waals surface area contributed by atoms with Gasteiger partial charge in [-0.1, -0.05) is 0 Å². The minimum atomic E-state index is -4.35. The highest BCUT2D eigenvalue weighted by Crippen LogP contribution is 2.20. The van der Waals surface area contributed by atoms with Crippen LogP contribution in [0.1, 0.15) is 19.8 Å². The van der Waals surface area contributed by atoms with Gasteiger partial charge >= 0.3 is 6.18 Å². The van der Waals surface area contributed by atoms with E-state index < -0.39 is 12.8 Å². The zero-order valence-electron chi connectivity index (χ0n) is 11.1. The number of hydrogen-bond donors (Lipinski definition) is 1. The Morgan fingerprint density at radius 2 is 2.20 bits per heavy atom. The Balaban J connectivity index is 1.76. The second kappa shape index (κ2) is 6.30. The molecule has 0 amide bonds. The van der Waals surface area contributed by atoms with Gasteiger partial charge in [0.25, 0.3) is 0 Å². The maximum absolute atomic E-state index is 12.0. The van der Waals surface area contributed by atoms with Crippen LogP contribution in [0.25, 0.3) is 0 Å². The van der Waals surface area contributed by atoms with Gasteiger partial charge in [0.05, 0.1) is 24.1 Å². The predicted molar refractivity (Wildman–Crippen MR) is 67.8 cm³/mol. The molecule has 4 nitrogen and oxygen atoms in total. The molecular formula is C13H17F3N2O2. The third-order valence-corrected chi connectivity index (χ3v) is 2.97. The highest BCUT2D eigenvalue weighted by atomic mass is 19.4. The number of halogens is 3. The van der Waals surface area contributed by atoms with Crippen LogP contribution < -0.4 is 10.1 Å². The fourth-order valence-electron chi connectivity index (χ4n) is 1.99. The van der Waals surface area contributed by atoms with Gasteiger partial charge in [-0.15, -0.1) is 0 Å². The lowest BCUT2D eigenvalue weighted by Gasteiger charge is -2.13. The number of ether oxygens (including phenoxy) is 2. The maximum Gasteiger partial charge on any atom is 0.422 e. The molecule has 2 rings (SSSR count). The van der Waals surface area contributed by atoms with E-state index in [0.717, 1.165) is 18.5 Å². The number of rotatable bonds is 5. The number of aromatic nitrogens is 1. The van der Waals surface area contributed by atoms with Gasteiger partial charge in [-0.25, -0.2) is 4.98 Å². The lowest BCUT2D eigenvalue weighted by molar-refractivity contribution is -0.154. The Morgan fingerprint density at radius 1 is 1.40 bits per heavy atom. The molecule has 1 aromatic heterocycles. The summed E-state index contributed by atoms with van der Waals surface area (Å²) < 4.78 is 46.1. The molecule has 2 unspecified atom stereocenters. The van der Waals surface area contributed by atoms with Crippen LogP contribution in [0, 0.1) is 0 Å². The van der Waals surface area contributed by atoms with Crippen LogP contribution in [0.5, 0.6) is 5.88 Å². The fourth-order valence-corrected chi connectivity index (χ4v) is 1.99. The number of alkyl halides is 3. The van der Waals surface area contributed by atoms with E-state index in [0.29, 0.717) is 6.54 Å². The van der Waals surface area contributed by atoms with E-state index in [1.54, 1.807) is 6.07 Å². The van der Waals surface area contributed by atoms with Crippen molar-refractivity contribution in [2.75, 3.05) is 18.5 Å². The smallest absolute Gasteiger partial charge is 0.422 e.